The standard InChI is InChI=1S/C8H10BN5O2/c1-14-4-7(12-5-14)13-8-10-2-6(3-11-8)9(15)16/h2-5,15-16H,1H3,(H,10,11,13). The molecular weight excluding hydrogens is 209 g/mol. The molecule has 0 saturated heterocycles. The monoisotopic (exact) mass is 219 g/mol. The quantitative estimate of drug-likeness (QED) is 0.551. The summed E-state index contributed by atoms with van der Waals surface area (Å²) in [7, 11) is 0.299. The summed E-state index contributed by atoms with van der Waals surface area (Å²) in [4.78, 5) is 11.9. The molecule has 0 aliphatic heterocycles. The van der Waals surface area contributed by atoms with Gasteiger partial charge in [-0.2, -0.15) is 0 Å². The third-order valence-corrected chi connectivity index (χ3v) is 1.91. The van der Waals surface area contributed by atoms with Gasteiger partial charge >= 0.3 is 7.12 Å². The van der Waals surface area contributed by atoms with Crippen LogP contribution in [0, 0.1) is 0 Å². The molecule has 0 unspecified atom stereocenters. The topological polar surface area (TPSA) is 96.1 Å². The number of rotatable bonds is 3. The Morgan fingerprint density at radius 2 is 1.94 bits per heavy atom. The number of imidazole rings is 1. The predicted octanol–water partition coefficient (Wildman–Crippen LogP) is -1.37. The number of anilines is 2. The minimum atomic E-state index is -1.55. The fraction of sp³-hybridized carbons (Fsp3) is 0.125. The predicted molar refractivity (Wildman–Crippen MR) is 58.3 cm³/mol. The van der Waals surface area contributed by atoms with E-state index in [2.05, 4.69) is 20.3 Å². The highest BCUT2D eigenvalue weighted by Gasteiger charge is 2.11. The van der Waals surface area contributed by atoms with E-state index in [0.29, 0.717) is 11.8 Å². The largest absolute Gasteiger partial charge is 0.491 e. The van der Waals surface area contributed by atoms with Crippen LogP contribution in [0.15, 0.2) is 24.9 Å². The fourth-order valence-corrected chi connectivity index (χ4v) is 1.13. The van der Waals surface area contributed by atoms with Gasteiger partial charge in [0.1, 0.15) is 0 Å². The van der Waals surface area contributed by atoms with Gasteiger partial charge in [-0.3, -0.25) is 0 Å². The lowest BCUT2D eigenvalue weighted by atomic mass is 9.83. The summed E-state index contributed by atoms with van der Waals surface area (Å²) in [5.41, 5.74) is 0.242. The summed E-state index contributed by atoms with van der Waals surface area (Å²) in [6.07, 6.45) is 6.10. The lowest BCUT2D eigenvalue weighted by Gasteiger charge is -2.01. The van der Waals surface area contributed by atoms with Crippen molar-refractivity contribution in [2.75, 3.05) is 5.32 Å². The van der Waals surface area contributed by atoms with Gasteiger partial charge in [-0.1, -0.05) is 0 Å². The Labute approximate surface area is 92.0 Å². The molecule has 7 nitrogen and oxygen atoms in total. The van der Waals surface area contributed by atoms with Crippen LogP contribution in [0.4, 0.5) is 11.8 Å². The van der Waals surface area contributed by atoms with Crippen LogP contribution in [-0.2, 0) is 7.05 Å². The van der Waals surface area contributed by atoms with Gasteiger partial charge in [-0.25, -0.2) is 15.0 Å². The Bertz CT molecular complexity index is 470. The van der Waals surface area contributed by atoms with Gasteiger partial charge in [0, 0.05) is 31.1 Å². The maximum atomic E-state index is 8.85. The van der Waals surface area contributed by atoms with Crippen molar-refractivity contribution in [1.29, 1.82) is 0 Å². The number of aromatic nitrogens is 4. The molecule has 0 spiro atoms. The molecule has 16 heavy (non-hydrogen) atoms. The van der Waals surface area contributed by atoms with Crippen molar-refractivity contribution in [3.05, 3.63) is 24.9 Å². The molecule has 0 fully saturated rings. The van der Waals surface area contributed by atoms with Crippen LogP contribution in [0.25, 0.3) is 0 Å². The SMILES string of the molecule is Cn1cnc(Nc2ncc(B(O)O)cn2)c1. The van der Waals surface area contributed by atoms with E-state index >= 15 is 0 Å². The van der Waals surface area contributed by atoms with Crippen molar-refractivity contribution in [3.8, 4) is 0 Å². The van der Waals surface area contributed by atoms with Gasteiger partial charge in [-0.15, -0.1) is 0 Å². The Kier molecular flexibility index (Phi) is 2.84. The zero-order valence-electron chi connectivity index (χ0n) is 8.57. The van der Waals surface area contributed by atoms with E-state index in [1.165, 1.54) is 12.4 Å². The van der Waals surface area contributed by atoms with E-state index in [9.17, 15) is 0 Å². The second-order valence-electron chi connectivity index (χ2n) is 3.26. The molecule has 2 aromatic heterocycles. The Hall–Kier alpha value is -1.93. The lowest BCUT2D eigenvalue weighted by Crippen LogP contribution is -2.30. The van der Waals surface area contributed by atoms with Gasteiger partial charge in [0.25, 0.3) is 0 Å². The first-order valence-electron chi connectivity index (χ1n) is 4.58. The summed E-state index contributed by atoms with van der Waals surface area (Å²) in [6.45, 7) is 0. The van der Waals surface area contributed by atoms with Gasteiger partial charge in [0.15, 0.2) is 5.82 Å². The second kappa shape index (κ2) is 4.29. The molecule has 2 aromatic rings. The highest BCUT2D eigenvalue weighted by Crippen LogP contribution is 2.06. The van der Waals surface area contributed by atoms with E-state index in [4.69, 9.17) is 10.0 Å². The minimum Gasteiger partial charge on any atom is -0.423 e. The van der Waals surface area contributed by atoms with E-state index in [-0.39, 0.29) is 5.46 Å². The number of nitrogens with one attached hydrogen (secondary N) is 1. The Balaban J connectivity index is 2.11. The third-order valence-electron chi connectivity index (χ3n) is 1.91. The van der Waals surface area contributed by atoms with Crippen LogP contribution >= 0.6 is 0 Å². The van der Waals surface area contributed by atoms with Crippen LogP contribution in [0.3, 0.4) is 0 Å². The van der Waals surface area contributed by atoms with E-state index in [1.54, 1.807) is 17.1 Å². The zero-order chi connectivity index (χ0) is 11.5. The Morgan fingerprint density at radius 3 is 2.44 bits per heavy atom. The van der Waals surface area contributed by atoms with Crippen molar-refractivity contribution in [1.82, 2.24) is 19.5 Å². The fourth-order valence-electron chi connectivity index (χ4n) is 1.13. The molecule has 2 heterocycles. The van der Waals surface area contributed by atoms with Crippen LogP contribution < -0.4 is 10.8 Å². The minimum absolute atomic E-state index is 0.242. The molecule has 0 atom stereocenters. The smallest absolute Gasteiger partial charge is 0.423 e. The average Bonchev–Trinajstić information content (AvgIpc) is 2.65. The summed E-state index contributed by atoms with van der Waals surface area (Å²) < 4.78 is 1.79. The van der Waals surface area contributed by atoms with Crippen molar-refractivity contribution in [3.63, 3.8) is 0 Å². The number of hydrogen-bond acceptors (Lipinski definition) is 6. The van der Waals surface area contributed by atoms with Crippen LogP contribution in [0.2, 0.25) is 0 Å². The van der Waals surface area contributed by atoms with Crippen molar-refractivity contribution < 1.29 is 10.0 Å². The lowest BCUT2D eigenvalue weighted by molar-refractivity contribution is 0.425. The summed E-state index contributed by atoms with van der Waals surface area (Å²) in [5.74, 6) is 0.975. The first kappa shape index (κ1) is 10.6. The number of aryl methyl sites for hydroxylation is 1. The van der Waals surface area contributed by atoms with Crippen LogP contribution in [0.1, 0.15) is 0 Å². The molecule has 8 heteroatoms. The van der Waals surface area contributed by atoms with Crippen molar-refractivity contribution in [2.24, 2.45) is 7.05 Å². The molecular formula is C8H10BN5O2. The second-order valence-corrected chi connectivity index (χ2v) is 3.26. The zero-order valence-corrected chi connectivity index (χ0v) is 8.57. The number of hydrogen-bond donors (Lipinski definition) is 3. The van der Waals surface area contributed by atoms with Crippen LogP contribution in [-0.4, -0.2) is 36.7 Å². The maximum absolute atomic E-state index is 8.85. The molecule has 0 aliphatic rings. The van der Waals surface area contributed by atoms with Gasteiger partial charge in [0.2, 0.25) is 5.95 Å². The Morgan fingerprint density at radius 1 is 1.25 bits per heavy atom. The number of nitrogens with zero attached hydrogens (tertiary/aromatic N) is 4. The molecule has 0 radical (unpaired) electrons. The third kappa shape index (κ3) is 2.36. The highest BCUT2D eigenvalue weighted by atomic mass is 16.4. The van der Waals surface area contributed by atoms with Gasteiger partial charge in [-0.05, 0) is 0 Å². The first-order valence-corrected chi connectivity index (χ1v) is 4.58. The summed E-state index contributed by atoms with van der Waals surface area (Å²) in [6, 6.07) is 0. The molecule has 0 bridgehead atoms. The molecule has 0 amide bonds. The molecule has 2 rings (SSSR count). The van der Waals surface area contributed by atoms with Crippen molar-refractivity contribution in [2.45, 2.75) is 0 Å². The molecule has 82 valence electrons. The van der Waals surface area contributed by atoms with Crippen molar-refractivity contribution >= 4 is 24.3 Å². The molecule has 0 aliphatic carbocycles. The normalized spacial score (nSPS) is 10.2. The van der Waals surface area contributed by atoms with Gasteiger partial charge < -0.3 is 19.9 Å². The molecule has 0 saturated carbocycles. The molecule has 3 N–H and O–H groups in total. The summed E-state index contributed by atoms with van der Waals surface area (Å²) >= 11 is 0. The van der Waals surface area contributed by atoms with Crippen LogP contribution in [0.5, 0.6) is 0 Å². The average molecular weight is 219 g/mol. The van der Waals surface area contributed by atoms with E-state index in [0.717, 1.165) is 0 Å². The highest BCUT2D eigenvalue weighted by molar-refractivity contribution is 6.58. The summed E-state index contributed by atoms with van der Waals surface area (Å²) in [5, 5.41) is 20.6. The molecule has 0 aromatic carbocycles. The maximum Gasteiger partial charge on any atom is 0.491 e. The van der Waals surface area contributed by atoms with E-state index < -0.39 is 7.12 Å². The first-order chi connectivity index (χ1) is 7.65. The van der Waals surface area contributed by atoms with E-state index in [1.807, 2.05) is 7.05 Å². The van der Waals surface area contributed by atoms with Gasteiger partial charge in [0.05, 0.1) is 6.33 Å².